The number of nitrogens with two attached hydrogens (primary N) is 2. The average molecular weight is 545 g/mol. The van der Waals surface area contributed by atoms with E-state index >= 15 is 0 Å². The van der Waals surface area contributed by atoms with Gasteiger partial charge in [-0.1, -0.05) is 35.2 Å². The minimum Gasteiger partial charge on any atom is -0.397 e. The van der Waals surface area contributed by atoms with E-state index in [1.807, 2.05) is 37.3 Å². The van der Waals surface area contributed by atoms with Gasteiger partial charge in [0.2, 0.25) is 0 Å². The molecule has 202 valence electrons. The molecule has 4 aromatic rings. The molecule has 2 atom stereocenters. The number of imidazole rings is 1. The van der Waals surface area contributed by atoms with Gasteiger partial charge in [0.15, 0.2) is 11.5 Å². The third-order valence-corrected chi connectivity index (χ3v) is 6.96. The van der Waals surface area contributed by atoms with E-state index in [2.05, 4.69) is 20.0 Å². The number of halogens is 1. The standard InChI is InChI=1S/C24H30FN8O4P/c1-18(13-32-16-30-22-23(26)28-15-29-24(22)32)36-17-31-38(27,34)33(37-21-9-7-20(25)8-10-21)11-12-35-14-19-5-3-2-4-6-19/h2-10,15-16,18H,11-14,17H2,1H3,(H2,26,28,29)(H3,27,31,34)/t18-,38?/m1/s1. The lowest BCUT2D eigenvalue weighted by Gasteiger charge is -2.28. The van der Waals surface area contributed by atoms with Crippen LogP contribution in [0.1, 0.15) is 12.5 Å². The van der Waals surface area contributed by atoms with Crippen molar-refractivity contribution in [3.05, 3.63) is 78.6 Å². The number of aromatic nitrogens is 4. The zero-order valence-electron chi connectivity index (χ0n) is 20.8. The summed E-state index contributed by atoms with van der Waals surface area (Å²) in [7, 11) is -3.76. The number of hydroxylamine groups is 1. The fraction of sp³-hybridized carbons (Fsp3) is 0.292. The molecule has 12 nitrogen and oxygen atoms in total. The molecule has 0 saturated heterocycles. The summed E-state index contributed by atoms with van der Waals surface area (Å²) in [6, 6.07) is 14.9. The van der Waals surface area contributed by atoms with Crippen LogP contribution in [0.15, 0.2) is 67.3 Å². The summed E-state index contributed by atoms with van der Waals surface area (Å²) in [6.07, 6.45) is 2.65. The van der Waals surface area contributed by atoms with Crippen LogP contribution in [0.3, 0.4) is 0 Å². The number of anilines is 1. The molecule has 0 radical (unpaired) electrons. The summed E-state index contributed by atoms with van der Waals surface area (Å²) in [4.78, 5) is 19.2. The first-order valence-corrected chi connectivity index (χ1v) is 13.5. The molecule has 0 spiro atoms. The molecule has 0 amide bonds. The van der Waals surface area contributed by atoms with Crippen LogP contribution in [0.2, 0.25) is 0 Å². The van der Waals surface area contributed by atoms with Crippen molar-refractivity contribution in [2.75, 3.05) is 25.6 Å². The van der Waals surface area contributed by atoms with Crippen molar-refractivity contribution < 1.29 is 23.3 Å². The van der Waals surface area contributed by atoms with Gasteiger partial charge < -0.3 is 24.6 Å². The smallest absolute Gasteiger partial charge is 0.312 e. The highest BCUT2D eigenvalue weighted by molar-refractivity contribution is 7.56. The molecule has 1 unspecified atom stereocenters. The summed E-state index contributed by atoms with van der Waals surface area (Å²) in [6.45, 7) is 2.73. The molecule has 0 aliphatic heterocycles. The van der Waals surface area contributed by atoms with Crippen LogP contribution in [0, 0.1) is 5.82 Å². The Morgan fingerprint density at radius 1 is 1.13 bits per heavy atom. The van der Waals surface area contributed by atoms with Gasteiger partial charge in [-0.3, -0.25) is 10.1 Å². The van der Waals surface area contributed by atoms with Gasteiger partial charge in [-0.2, -0.15) is 0 Å². The Kier molecular flexibility index (Phi) is 9.34. The lowest BCUT2D eigenvalue weighted by atomic mass is 10.2. The van der Waals surface area contributed by atoms with Crippen LogP contribution in [0.25, 0.3) is 11.2 Å². The van der Waals surface area contributed by atoms with Crippen molar-refractivity contribution in [1.29, 1.82) is 0 Å². The van der Waals surface area contributed by atoms with Crippen molar-refractivity contribution in [3.8, 4) is 5.75 Å². The zero-order valence-corrected chi connectivity index (χ0v) is 21.7. The van der Waals surface area contributed by atoms with E-state index in [1.54, 1.807) is 10.9 Å². The Hall–Kier alpha value is -3.45. The molecular weight excluding hydrogens is 514 g/mol. The number of hydrogen-bond donors (Lipinski definition) is 3. The first-order valence-electron chi connectivity index (χ1n) is 11.8. The Morgan fingerprint density at radius 3 is 2.66 bits per heavy atom. The van der Waals surface area contributed by atoms with E-state index in [4.69, 9.17) is 25.5 Å². The van der Waals surface area contributed by atoms with Crippen molar-refractivity contribution in [2.45, 2.75) is 26.2 Å². The molecule has 0 bridgehead atoms. The van der Waals surface area contributed by atoms with Crippen molar-refractivity contribution in [2.24, 2.45) is 5.50 Å². The molecule has 0 fully saturated rings. The maximum Gasteiger partial charge on any atom is 0.312 e. The van der Waals surface area contributed by atoms with Gasteiger partial charge in [0.05, 0.1) is 38.7 Å². The second-order valence-corrected chi connectivity index (χ2v) is 10.4. The molecule has 14 heteroatoms. The van der Waals surface area contributed by atoms with E-state index in [1.165, 1.54) is 30.6 Å². The largest absolute Gasteiger partial charge is 0.397 e. The van der Waals surface area contributed by atoms with Crippen molar-refractivity contribution >= 4 is 24.6 Å². The summed E-state index contributed by atoms with van der Waals surface area (Å²) in [5.74, 6) is 0.137. The molecule has 0 aliphatic rings. The number of nitrogen functional groups attached to an aromatic ring is 1. The van der Waals surface area contributed by atoms with Crippen molar-refractivity contribution in [3.63, 3.8) is 0 Å². The number of rotatable bonds is 14. The summed E-state index contributed by atoms with van der Waals surface area (Å²) >= 11 is 0. The van der Waals surface area contributed by atoms with E-state index in [9.17, 15) is 8.96 Å². The number of ether oxygens (including phenoxy) is 2. The number of nitrogens with zero attached hydrogens (tertiary/aromatic N) is 5. The monoisotopic (exact) mass is 544 g/mol. The van der Waals surface area contributed by atoms with Gasteiger partial charge in [0.1, 0.15) is 30.1 Å². The van der Waals surface area contributed by atoms with Gasteiger partial charge in [0, 0.05) is 0 Å². The highest BCUT2D eigenvalue weighted by Crippen LogP contribution is 2.37. The third-order valence-electron chi connectivity index (χ3n) is 5.44. The van der Waals surface area contributed by atoms with E-state index < -0.39 is 13.4 Å². The fourth-order valence-electron chi connectivity index (χ4n) is 3.49. The summed E-state index contributed by atoms with van der Waals surface area (Å²) in [5, 5.41) is 2.72. The van der Waals surface area contributed by atoms with E-state index in [0.717, 1.165) is 10.4 Å². The molecule has 0 aliphatic carbocycles. The second-order valence-electron chi connectivity index (χ2n) is 8.39. The fourth-order valence-corrected chi connectivity index (χ4v) is 4.50. The summed E-state index contributed by atoms with van der Waals surface area (Å²) < 4.78 is 40.0. The minimum atomic E-state index is -3.76. The minimum absolute atomic E-state index is 0.0721. The molecule has 5 N–H and O–H groups in total. The Labute approximate surface area is 219 Å². The molecule has 2 heterocycles. The topological polar surface area (TPSA) is 156 Å². The zero-order chi connectivity index (χ0) is 27.0. The van der Waals surface area contributed by atoms with Gasteiger partial charge >= 0.3 is 7.59 Å². The van der Waals surface area contributed by atoms with Crippen LogP contribution < -0.4 is 21.2 Å². The van der Waals surface area contributed by atoms with E-state index in [0.29, 0.717) is 30.1 Å². The Bertz CT molecular complexity index is 1360. The second kappa shape index (κ2) is 12.9. The SMILES string of the molecule is C[C@H](Cn1cnc2c(N)ncnc21)OCNP(N)(=O)N(CCOCc1ccccc1)Oc1ccc(F)cc1. The maximum absolute atomic E-state index is 13.4. The quantitative estimate of drug-likeness (QED) is 0.0928. The van der Waals surface area contributed by atoms with Crippen LogP contribution in [-0.4, -0.2) is 50.3 Å². The van der Waals surface area contributed by atoms with Crippen molar-refractivity contribution in [1.82, 2.24) is 29.4 Å². The predicted octanol–water partition coefficient (Wildman–Crippen LogP) is 3.08. The van der Waals surface area contributed by atoms with E-state index in [-0.39, 0.29) is 31.7 Å². The number of fused-ring (bicyclic) bond motifs is 1. The highest BCUT2D eigenvalue weighted by atomic mass is 31.2. The lowest BCUT2D eigenvalue weighted by Crippen LogP contribution is -2.38. The molecule has 2 aromatic carbocycles. The third kappa shape index (κ3) is 7.54. The predicted molar refractivity (Wildman–Crippen MR) is 140 cm³/mol. The molecular formula is C24H30FN8O4P. The molecule has 4 rings (SSSR count). The first-order chi connectivity index (χ1) is 18.3. The van der Waals surface area contributed by atoms with Crippen LogP contribution in [0.4, 0.5) is 10.2 Å². The summed E-state index contributed by atoms with van der Waals surface area (Å²) in [5.41, 5.74) is 14.1. The first kappa shape index (κ1) is 27.6. The normalized spacial score (nSPS) is 14.0. The van der Waals surface area contributed by atoms with Gasteiger partial charge in [-0.05, 0) is 36.8 Å². The molecule has 0 saturated carbocycles. The van der Waals surface area contributed by atoms with Gasteiger partial charge in [0.25, 0.3) is 0 Å². The van der Waals surface area contributed by atoms with Crippen LogP contribution >= 0.6 is 7.59 Å². The number of hydrogen-bond acceptors (Lipinski definition) is 8. The maximum atomic E-state index is 13.4. The lowest BCUT2D eigenvalue weighted by molar-refractivity contribution is -0.00559. The van der Waals surface area contributed by atoms with Gasteiger partial charge in [-0.15, -0.1) is 0 Å². The molecule has 38 heavy (non-hydrogen) atoms. The van der Waals surface area contributed by atoms with Crippen LogP contribution in [-0.2, 0) is 27.2 Å². The van der Waals surface area contributed by atoms with Gasteiger partial charge in [-0.25, -0.2) is 24.4 Å². The average Bonchev–Trinajstić information content (AvgIpc) is 3.31. The van der Waals surface area contributed by atoms with Crippen LogP contribution in [0.5, 0.6) is 5.75 Å². The molecule has 2 aromatic heterocycles. The number of benzene rings is 2. The Balaban J connectivity index is 1.32. The highest BCUT2D eigenvalue weighted by Gasteiger charge is 2.28. The number of nitrogens with one attached hydrogen (secondary N) is 1. The Morgan fingerprint density at radius 2 is 1.89 bits per heavy atom.